The van der Waals surface area contributed by atoms with Crippen molar-refractivity contribution in [2.45, 2.75) is 77.2 Å². The number of rotatable bonds is 13. The Balaban J connectivity index is 1.11. The number of fused-ring (bicyclic) bond motifs is 1. The number of carboxylic acids is 1. The largest absolute Gasteiger partial charge is 0.480 e. The van der Waals surface area contributed by atoms with E-state index in [0.717, 1.165) is 88.1 Å². The topological polar surface area (TPSA) is 214 Å². The highest BCUT2D eigenvalue weighted by Crippen LogP contribution is 2.44. The zero-order chi connectivity index (χ0) is 33.5. The molecule has 0 radical (unpaired) electrons. The molecule has 47 heavy (non-hydrogen) atoms. The van der Waals surface area contributed by atoms with Crippen LogP contribution in [0.2, 0.25) is 0 Å². The molecule has 15 heteroatoms. The van der Waals surface area contributed by atoms with E-state index >= 15 is 0 Å². The number of thiophene rings is 1. The maximum atomic E-state index is 11.5. The standard InChI is InChI=1S/C32H45N11O3S/c1-20(2)27(31(44)45)43(36)19-21(34)8-4-3-5-13-41-14-7-15-42(17-16-41)32-37-12-11-24(38-32)29-39-30(46-40-29)22-9-6-10-25-26(22)23(18-33)28(35)47-25/h11-12,19-20,22,27H,3-10,13-17,34-36H2,1-2H3,(H,44,45)/b21-19-. The van der Waals surface area contributed by atoms with Crippen LogP contribution in [0.4, 0.5) is 10.9 Å². The Morgan fingerprint density at radius 2 is 2.06 bits per heavy atom. The first kappa shape index (κ1) is 34.1. The number of nitrogens with zero attached hydrogens (tertiary/aromatic N) is 8. The summed E-state index contributed by atoms with van der Waals surface area (Å²) in [6.07, 6.45) is 10.6. The van der Waals surface area contributed by atoms with Gasteiger partial charge in [0.25, 0.3) is 0 Å². The van der Waals surface area contributed by atoms with Crippen LogP contribution in [0.5, 0.6) is 0 Å². The first-order valence-corrected chi connectivity index (χ1v) is 17.1. The number of nitrogens with two attached hydrogens (primary N) is 3. The van der Waals surface area contributed by atoms with Crippen LogP contribution in [0, 0.1) is 17.2 Å². The summed E-state index contributed by atoms with van der Waals surface area (Å²) in [5.74, 6) is 6.26. The normalized spacial score (nSPS) is 18.1. The van der Waals surface area contributed by atoms with Gasteiger partial charge in [-0.1, -0.05) is 25.4 Å². The van der Waals surface area contributed by atoms with E-state index in [1.165, 1.54) is 16.3 Å². The summed E-state index contributed by atoms with van der Waals surface area (Å²) in [5.41, 5.74) is 14.9. The Kier molecular flexibility index (Phi) is 11.3. The lowest BCUT2D eigenvalue weighted by molar-refractivity contribution is -0.143. The zero-order valence-electron chi connectivity index (χ0n) is 27.1. The van der Waals surface area contributed by atoms with Gasteiger partial charge in [-0.25, -0.2) is 20.6 Å². The highest BCUT2D eigenvalue weighted by Gasteiger charge is 2.33. The lowest BCUT2D eigenvalue weighted by atomic mass is 9.85. The number of unbranched alkanes of at least 4 members (excludes halogenated alkanes) is 2. The molecule has 1 aliphatic carbocycles. The van der Waals surface area contributed by atoms with E-state index in [9.17, 15) is 15.2 Å². The quantitative estimate of drug-likeness (QED) is 0.117. The predicted octanol–water partition coefficient (Wildman–Crippen LogP) is 3.67. The number of nitrogen functional groups attached to an aromatic ring is 1. The summed E-state index contributed by atoms with van der Waals surface area (Å²) in [6.45, 7) is 8.21. The smallest absolute Gasteiger partial charge is 0.328 e. The third kappa shape index (κ3) is 8.19. The molecule has 3 aromatic rings. The number of hydrazine groups is 1. The Morgan fingerprint density at radius 3 is 2.83 bits per heavy atom. The SMILES string of the molecule is CC(C)C(C(=O)O)N(N)/C=C(\N)CCCCCN1CCCN(c2nccc(-c3noc(C4CCCc5sc(N)c(C#N)c54)n3)n2)CC1. The van der Waals surface area contributed by atoms with Gasteiger partial charge in [-0.05, 0) is 75.6 Å². The molecule has 1 aliphatic heterocycles. The van der Waals surface area contributed by atoms with Crippen molar-refractivity contribution in [3.63, 3.8) is 0 Å². The summed E-state index contributed by atoms with van der Waals surface area (Å²) in [7, 11) is 0. The van der Waals surface area contributed by atoms with Gasteiger partial charge in [0.05, 0.1) is 11.5 Å². The van der Waals surface area contributed by atoms with Crippen LogP contribution in [-0.2, 0) is 11.2 Å². The van der Waals surface area contributed by atoms with Gasteiger partial charge in [0, 0.05) is 42.6 Å². The Labute approximate surface area is 279 Å². The van der Waals surface area contributed by atoms with Crippen LogP contribution < -0.4 is 22.2 Å². The molecule has 2 atom stereocenters. The third-order valence-corrected chi connectivity index (χ3v) is 9.94. The van der Waals surface area contributed by atoms with E-state index in [2.05, 4.69) is 26.0 Å². The number of carboxylic acid groups (broad SMARTS) is 1. The third-order valence-electron chi connectivity index (χ3n) is 8.85. The van der Waals surface area contributed by atoms with Crippen molar-refractivity contribution < 1.29 is 14.4 Å². The summed E-state index contributed by atoms with van der Waals surface area (Å²) in [5, 5.41) is 25.1. The van der Waals surface area contributed by atoms with Gasteiger partial charge >= 0.3 is 5.97 Å². The van der Waals surface area contributed by atoms with Gasteiger partial charge in [-0.2, -0.15) is 10.2 Å². The van der Waals surface area contributed by atoms with Crippen molar-refractivity contribution in [2.75, 3.05) is 43.4 Å². The van der Waals surface area contributed by atoms with Gasteiger partial charge in [-0.3, -0.25) is 0 Å². The van der Waals surface area contributed by atoms with Gasteiger partial charge in [0.2, 0.25) is 17.7 Å². The molecule has 0 aromatic carbocycles. The fourth-order valence-electron chi connectivity index (χ4n) is 6.47. The van der Waals surface area contributed by atoms with Crippen molar-refractivity contribution >= 4 is 28.3 Å². The molecule has 2 aliphatic rings. The van der Waals surface area contributed by atoms with Crippen LogP contribution in [0.15, 0.2) is 28.7 Å². The number of aromatic nitrogens is 4. The van der Waals surface area contributed by atoms with Crippen LogP contribution in [0.3, 0.4) is 0 Å². The van der Waals surface area contributed by atoms with Crippen LogP contribution >= 0.6 is 11.3 Å². The minimum atomic E-state index is -0.960. The van der Waals surface area contributed by atoms with E-state index in [0.29, 0.717) is 46.0 Å². The second-order valence-electron chi connectivity index (χ2n) is 12.6. The number of aryl methyl sites for hydroxylation is 1. The molecule has 2 unspecified atom stereocenters. The van der Waals surface area contributed by atoms with Crippen molar-refractivity contribution in [3.05, 3.63) is 46.1 Å². The fraction of sp³-hybridized carbons (Fsp3) is 0.562. The summed E-state index contributed by atoms with van der Waals surface area (Å²) < 4.78 is 5.73. The van der Waals surface area contributed by atoms with E-state index < -0.39 is 12.0 Å². The summed E-state index contributed by atoms with van der Waals surface area (Å²) >= 11 is 1.48. The molecule has 5 rings (SSSR count). The molecular weight excluding hydrogens is 618 g/mol. The van der Waals surface area contributed by atoms with E-state index in [-0.39, 0.29) is 11.8 Å². The lowest BCUT2D eigenvalue weighted by Crippen LogP contribution is -2.46. The average molecular weight is 664 g/mol. The fourth-order valence-corrected chi connectivity index (χ4v) is 7.60. The number of nitriles is 1. The minimum Gasteiger partial charge on any atom is -0.480 e. The van der Waals surface area contributed by atoms with Crippen molar-refractivity contribution in [3.8, 4) is 17.6 Å². The molecule has 0 saturated carbocycles. The lowest BCUT2D eigenvalue weighted by Gasteiger charge is -2.26. The first-order chi connectivity index (χ1) is 22.7. The van der Waals surface area contributed by atoms with Crippen LogP contribution in [0.25, 0.3) is 11.5 Å². The number of hydrogen-bond donors (Lipinski definition) is 4. The maximum absolute atomic E-state index is 11.5. The molecule has 0 spiro atoms. The molecule has 252 valence electrons. The van der Waals surface area contributed by atoms with Crippen LogP contribution in [0.1, 0.15) is 86.6 Å². The highest BCUT2D eigenvalue weighted by molar-refractivity contribution is 7.16. The number of hydrogen-bond acceptors (Lipinski definition) is 14. The Hall–Kier alpha value is -4.26. The highest BCUT2D eigenvalue weighted by atomic mass is 32.1. The second kappa shape index (κ2) is 15.6. The number of carbonyl (C=O) groups is 1. The molecule has 7 N–H and O–H groups in total. The van der Waals surface area contributed by atoms with E-state index in [1.807, 2.05) is 13.8 Å². The molecule has 4 heterocycles. The number of allylic oxidation sites excluding steroid dienone is 1. The molecular formula is C32H45N11O3S. The number of aliphatic carboxylic acids is 1. The van der Waals surface area contributed by atoms with Crippen molar-refractivity contribution in [1.82, 2.24) is 30.0 Å². The van der Waals surface area contributed by atoms with Crippen LogP contribution in [-0.4, -0.2) is 79.9 Å². The molecule has 0 amide bonds. The van der Waals surface area contributed by atoms with Gasteiger partial charge in [0.15, 0.2) is 0 Å². The minimum absolute atomic E-state index is 0.136. The maximum Gasteiger partial charge on any atom is 0.328 e. The second-order valence-corrected chi connectivity index (χ2v) is 13.7. The van der Waals surface area contributed by atoms with E-state index in [1.54, 1.807) is 18.5 Å². The molecule has 14 nitrogen and oxygen atoms in total. The van der Waals surface area contributed by atoms with Crippen molar-refractivity contribution in [1.29, 1.82) is 5.26 Å². The van der Waals surface area contributed by atoms with Gasteiger partial charge < -0.3 is 35.9 Å². The zero-order valence-corrected chi connectivity index (χ0v) is 28.0. The summed E-state index contributed by atoms with van der Waals surface area (Å²) in [6, 6.07) is 3.25. The van der Waals surface area contributed by atoms with Gasteiger partial charge in [0.1, 0.15) is 22.8 Å². The van der Waals surface area contributed by atoms with Crippen molar-refractivity contribution in [2.24, 2.45) is 17.5 Å². The Morgan fingerprint density at radius 1 is 1.23 bits per heavy atom. The molecule has 3 aromatic heterocycles. The average Bonchev–Trinajstić information content (AvgIpc) is 3.57. The Bertz CT molecular complexity index is 1600. The summed E-state index contributed by atoms with van der Waals surface area (Å²) in [4.78, 5) is 31.4. The predicted molar refractivity (Wildman–Crippen MR) is 180 cm³/mol. The molecule has 1 saturated heterocycles. The van der Waals surface area contributed by atoms with E-state index in [4.69, 9.17) is 31.8 Å². The molecule has 0 bridgehead atoms. The molecule has 1 fully saturated rings. The monoisotopic (exact) mass is 663 g/mol. The van der Waals surface area contributed by atoms with Gasteiger partial charge in [-0.15, -0.1) is 11.3 Å². The first-order valence-electron chi connectivity index (χ1n) is 16.3. The number of anilines is 2.